The van der Waals surface area contributed by atoms with Crippen LogP contribution in [-0.2, 0) is 14.4 Å². The lowest BCUT2D eigenvalue weighted by atomic mass is 9.92. The van der Waals surface area contributed by atoms with E-state index in [1.807, 2.05) is 0 Å². The van der Waals surface area contributed by atoms with Crippen molar-refractivity contribution >= 4 is 17.8 Å². The van der Waals surface area contributed by atoms with Gasteiger partial charge in [-0.2, -0.15) is 0 Å². The Morgan fingerprint density at radius 2 is 1.88 bits per heavy atom. The second-order valence-electron chi connectivity index (χ2n) is 4.46. The quantitative estimate of drug-likeness (QED) is 0.447. The molecule has 1 atom stereocenters. The Morgan fingerprint density at radius 1 is 1.35 bits per heavy atom. The number of carboxylic acids is 1. The molecule has 2 amide bonds. The average molecular weight is 245 g/mol. The molecule has 0 fully saturated rings. The molecule has 0 radical (unpaired) electrons. The maximum absolute atomic E-state index is 11.7. The molecule has 7 nitrogen and oxygen atoms in total. The van der Waals surface area contributed by atoms with Gasteiger partial charge in [-0.3, -0.25) is 9.59 Å². The molecular weight excluding hydrogens is 226 g/mol. The first-order valence-electron chi connectivity index (χ1n) is 5.23. The van der Waals surface area contributed by atoms with E-state index in [0.717, 1.165) is 0 Å². The van der Waals surface area contributed by atoms with Crippen LogP contribution in [0.4, 0.5) is 0 Å². The van der Waals surface area contributed by atoms with Crippen LogP contribution in [0.1, 0.15) is 26.7 Å². The molecule has 0 aliphatic heterocycles. The lowest BCUT2D eigenvalue weighted by molar-refractivity contribution is -0.143. The number of carbonyl (C=O) groups excluding carboxylic acids is 2. The largest absolute Gasteiger partial charge is 0.480 e. The first-order valence-corrected chi connectivity index (χ1v) is 5.23. The molecule has 0 aromatic rings. The van der Waals surface area contributed by atoms with E-state index in [1.54, 1.807) is 13.8 Å². The third kappa shape index (κ3) is 5.30. The number of primary amides is 1. The van der Waals surface area contributed by atoms with Crippen molar-refractivity contribution in [1.82, 2.24) is 5.32 Å². The van der Waals surface area contributed by atoms with E-state index < -0.39 is 29.2 Å². The fourth-order valence-electron chi connectivity index (χ4n) is 0.990. The Balaban J connectivity index is 4.50. The fraction of sp³-hybridized carbons (Fsp3) is 0.700. The van der Waals surface area contributed by atoms with Gasteiger partial charge in [0.25, 0.3) is 0 Å². The van der Waals surface area contributed by atoms with E-state index in [9.17, 15) is 14.4 Å². The van der Waals surface area contributed by atoms with Crippen molar-refractivity contribution in [3.8, 4) is 0 Å². The van der Waals surface area contributed by atoms with Crippen LogP contribution in [0, 0.1) is 5.41 Å². The second-order valence-corrected chi connectivity index (χ2v) is 4.46. The van der Waals surface area contributed by atoms with E-state index in [2.05, 4.69) is 5.32 Å². The van der Waals surface area contributed by atoms with Crippen molar-refractivity contribution in [1.29, 1.82) is 0 Å². The maximum Gasteiger partial charge on any atom is 0.326 e. The predicted molar refractivity (Wildman–Crippen MR) is 60.8 cm³/mol. The molecule has 6 N–H and O–H groups in total. The summed E-state index contributed by atoms with van der Waals surface area (Å²) in [6.07, 6.45) is -0.128. The minimum Gasteiger partial charge on any atom is -0.480 e. The Morgan fingerprint density at radius 3 is 2.24 bits per heavy atom. The number of aliphatic carboxylic acids is 1. The van der Waals surface area contributed by atoms with Crippen LogP contribution in [-0.4, -0.2) is 35.5 Å². The molecule has 0 aromatic heterocycles. The van der Waals surface area contributed by atoms with Crippen LogP contribution in [0.3, 0.4) is 0 Å². The number of nitrogens with two attached hydrogens (primary N) is 2. The highest BCUT2D eigenvalue weighted by Crippen LogP contribution is 2.13. The van der Waals surface area contributed by atoms with Crippen molar-refractivity contribution in [3.63, 3.8) is 0 Å². The van der Waals surface area contributed by atoms with Crippen molar-refractivity contribution in [2.75, 3.05) is 6.54 Å². The van der Waals surface area contributed by atoms with Gasteiger partial charge < -0.3 is 21.9 Å². The lowest BCUT2D eigenvalue weighted by Gasteiger charge is -2.24. The highest BCUT2D eigenvalue weighted by molar-refractivity contribution is 5.87. The summed E-state index contributed by atoms with van der Waals surface area (Å²) >= 11 is 0. The molecule has 0 bridgehead atoms. The predicted octanol–water partition coefficient (Wildman–Crippen LogP) is -1.19. The standard InChI is InChI=1S/C10H19N3O4/c1-10(2,5-11)9(17)13-6(8(15)16)3-4-7(12)14/h6H,3-5,11H2,1-2H3,(H2,12,14)(H,13,17)(H,15,16). The molecule has 0 aliphatic rings. The van der Waals surface area contributed by atoms with E-state index in [4.69, 9.17) is 16.6 Å². The Labute approximate surface area is 99.5 Å². The number of nitrogens with one attached hydrogen (secondary N) is 1. The number of carbonyl (C=O) groups is 3. The van der Waals surface area contributed by atoms with Crippen molar-refractivity contribution in [2.24, 2.45) is 16.9 Å². The SMILES string of the molecule is CC(C)(CN)C(=O)NC(CCC(N)=O)C(=O)O. The molecule has 7 heteroatoms. The molecule has 0 heterocycles. The van der Waals surface area contributed by atoms with Crippen LogP contribution in [0.5, 0.6) is 0 Å². The third-order valence-corrected chi connectivity index (χ3v) is 2.41. The molecule has 0 spiro atoms. The first-order chi connectivity index (χ1) is 7.70. The van der Waals surface area contributed by atoms with E-state index in [-0.39, 0.29) is 19.4 Å². The van der Waals surface area contributed by atoms with Gasteiger partial charge in [-0.25, -0.2) is 4.79 Å². The van der Waals surface area contributed by atoms with Gasteiger partial charge in [0.1, 0.15) is 6.04 Å². The normalized spacial score (nSPS) is 12.9. The molecule has 0 saturated heterocycles. The molecule has 98 valence electrons. The van der Waals surface area contributed by atoms with Crippen LogP contribution in [0.2, 0.25) is 0 Å². The van der Waals surface area contributed by atoms with Crippen LogP contribution < -0.4 is 16.8 Å². The molecule has 1 unspecified atom stereocenters. The highest BCUT2D eigenvalue weighted by Gasteiger charge is 2.30. The summed E-state index contributed by atoms with van der Waals surface area (Å²) in [4.78, 5) is 33.1. The topological polar surface area (TPSA) is 136 Å². The lowest BCUT2D eigenvalue weighted by Crippen LogP contribution is -2.49. The van der Waals surface area contributed by atoms with Crippen LogP contribution >= 0.6 is 0 Å². The van der Waals surface area contributed by atoms with Gasteiger partial charge in [0.05, 0.1) is 5.41 Å². The maximum atomic E-state index is 11.7. The van der Waals surface area contributed by atoms with Gasteiger partial charge in [0, 0.05) is 13.0 Å². The minimum absolute atomic E-state index is 0.0307. The van der Waals surface area contributed by atoms with Gasteiger partial charge in [0.15, 0.2) is 0 Å². The number of hydrogen-bond donors (Lipinski definition) is 4. The summed E-state index contributed by atoms with van der Waals surface area (Å²) in [6.45, 7) is 3.31. The fourth-order valence-corrected chi connectivity index (χ4v) is 0.990. The number of amides is 2. The van der Waals surface area contributed by atoms with Crippen LogP contribution in [0.25, 0.3) is 0 Å². The van der Waals surface area contributed by atoms with E-state index >= 15 is 0 Å². The average Bonchev–Trinajstić information content (AvgIpc) is 2.22. The molecule has 0 saturated carbocycles. The molecule has 0 rings (SSSR count). The molecule has 0 aromatic carbocycles. The Bertz CT molecular complexity index is 315. The summed E-state index contributed by atoms with van der Waals surface area (Å²) in [5.41, 5.74) is 9.47. The van der Waals surface area contributed by atoms with Crippen molar-refractivity contribution in [3.05, 3.63) is 0 Å². The summed E-state index contributed by atoms with van der Waals surface area (Å²) in [7, 11) is 0. The summed E-state index contributed by atoms with van der Waals surface area (Å²) in [5, 5.41) is 11.2. The molecule has 0 aliphatic carbocycles. The molecule has 17 heavy (non-hydrogen) atoms. The van der Waals surface area contributed by atoms with Gasteiger partial charge in [-0.15, -0.1) is 0 Å². The zero-order valence-electron chi connectivity index (χ0n) is 10.0. The Kier molecular flexibility index (Phi) is 5.60. The van der Waals surface area contributed by atoms with Gasteiger partial charge >= 0.3 is 5.97 Å². The van der Waals surface area contributed by atoms with Crippen LogP contribution in [0.15, 0.2) is 0 Å². The smallest absolute Gasteiger partial charge is 0.326 e. The summed E-state index contributed by atoms with van der Waals surface area (Å²) in [5.74, 6) is -2.27. The number of rotatable bonds is 7. The second kappa shape index (κ2) is 6.19. The third-order valence-electron chi connectivity index (χ3n) is 2.41. The van der Waals surface area contributed by atoms with Gasteiger partial charge in [-0.1, -0.05) is 0 Å². The van der Waals surface area contributed by atoms with Crippen molar-refractivity contribution in [2.45, 2.75) is 32.7 Å². The first kappa shape index (κ1) is 15.4. The molecular formula is C10H19N3O4. The highest BCUT2D eigenvalue weighted by atomic mass is 16.4. The van der Waals surface area contributed by atoms with Gasteiger partial charge in [-0.05, 0) is 20.3 Å². The zero-order valence-corrected chi connectivity index (χ0v) is 10.0. The van der Waals surface area contributed by atoms with Crippen molar-refractivity contribution < 1.29 is 19.5 Å². The monoisotopic (exact) mass is 245 g/mol. The van der Waals surface area contributed by atoms with E-state index in [1.165, 1.54) is 0 Å². The van der Waals surface area contributed by atoms with Gasteiger partial charge in [0.2, 0.25) is 11.8 Å². The van der Waals surface area contributed by atoms with E-state index in [0.29, 0.717) is 0 Å². The summed E-state index contributed by atoms with van der Waals surface area (Å²) < 4.78 is 0. The number of hydrogen-bond acceptors (Lipinski definition) is 4. The zero-order chi connectivity index (χ0) is 13.6. The minimum atomic E-state index is -1.20. The number of carboxylic acid groups (broad SMARTS) is 1. The Hall–Kier alpha value is -1.63. The summed E-state index contributed by atoms with van der Waals surface area (Å²) in [6, 6.07) is -1.12.